The molecule has 2 aliphatic carbocycles. The van der Waals surface area contributed by atoms with E-state index in [2.05, 4.69) is 6.58 Å². The van der Waals surface area contributed by atoms with Crippen LogP contribution in [0.4, 0.5) is 0 Å². The first-order valence-corrected chi connectivity index (χ1v) is 4.01. The first-order chi connectivity index (χ1) is 4.79. The van der Waals surface area contributed by atoms with Gasteiger partial charge < -0.3 is 0 Å². The van der Waals surface area contributed by atoms with Gasteiger partial charge in [0, 0.05) is 5.92 Å². The molecular weight excluding hydrogens is 124 g/mol. The molecule has 2 fully saturated rings. The molecule has 0 bridgehead atoms. The topological polar surface area (TPSA) is 17.1 Å². The largest absolute Gasteiger partial charge is 0.294 e. The highest BCUT2D eigenvalue weighted by Gasteiger charge is 2.39. The Balaban J connectivity index is 2.24. The van der Waals surface area contributed by atoms with Gasteiger partial charge in [0.05, 0.1) is 0 Å². The van der Waals surface area contributed by atoms with Gasteiger partial charge in [-0.05, 0) is 30.8 Å². The first-order valence-electron chi connectivity index (χ1n) is 4.01. The van der Waals surface area contributed by atoms with Gasteiger partial charge in [-0.1, -0.05) is 13.0 Å². The van der Waals surface area contributed by atoms with Gasteiger partial charge in [-0.25, -0.2) is 0 Å². The van der Waals surface area contributed by atoms with Crippen molar-refractivity contribution in [1.82, 2.24) is 0 Å². The Labute approximate surface area is 61.1 Å². The minimum absolute atomic E-state index is 0.363. The lowest BCUT2D eigenvalue weighted by atomic mass is 10.0. The zero-order valence-corrected chi connectivity index (χ0v) is 6.10. The van der Waals surface area contributed by atoms with Crippen LogP contribution in [-0.2, 0) is 4.79 Å². The second-order valence-corrected chi connectivity index (χ2v) is 3.47. The summed E-state index contributed by atoms with van der Waals surface area (Å²) in [7, 11) is 0. The summed E-state index contributed by atoms with van der Waals surface area (Å²) in [6, 6.07) is 0. The molecule has 0 amide bonds. The molecule has 2 saturated carbocycles. The van der Waals surface area contributed by atoms with Crippen molar-refractivity contribution in [2.45, 2.75) is 25.7 Å². The molecule has 0 aliphatic heterocycles. The molecule has 0 aromatic heterocycles. The fourth-order valence-electron chi connectivity index (χ4n) is 2.31. The van der Waals surface area contributed by atoms with Crippen molar-refractivity contribution in [1.29, 1.82) is 0 Å². The van der Waals surface area contributed by atoms with E-state index in [1.807, 2.05) is 0 Å². The Morgan fingerprint density at radius 2 is 2.20 bits per heavy atom. The molecule has 0 N–H and O–H groups in total. The van der Waals surface area contributed by atoms with E-state index < -0.39 is 0 Å². The Kier molecular flexibility index (Phi) is 1.19. The van der Waals surface area contributed by atoms with Crippen LogP contribution in [0.15, 0.2) is 12.2 Å². The molecular formula is C9H12O. The van der Waals surface area contributed by atoms with Crippen molar-refractivity contribution in [2.75, 3.05) is 0 Å². The summed E-state index contributed by atoms with van der Waals surface area (Å²) >= 11 is 0. The third-order valence-corrected chi connectivity index (χ3v) is 2.85. The van der Waals surface area contributed by atoms with E-state index in [0.717, 1.165) is 18.4 Å². The molecule has 1 heteroatoms. The van der Waals surface area contributed by atoms with Gasteiger partial charge in [-0.15, -0.1) is 0 Å². The SMILES string of the molecule is C=C1C[C@H]2CCC[C@H]2C1=O. The molecule has 0 aromatic rings. The number of allylic oxidation sites excluding steroid dienone is 1. The maximum absolute atomic E-state index is 11.3. The fraction of sp³-hybridized carbons (Fsp3) is 0.667. The average molecular weight is 136 g/mol. The molecule has 2 rings (SSSR count). The minimum Gasteiger partial charge on any atom is -0.294 e. The van der Waals surface area contributed by atoms with Gasteiger partial charge in [-0.3, -0.25) is 4.79 Å². The summed E-state index contributed by atoms with van der Waals surface area (Å²) in [4.78, 5) is 11.3. The normalized spacial score (nSPS) is 38.8. The third-order valence-electron chi connectivity index (χ3n) is 2.85. The monoisotopic (exact) mass is 136 g/mol. The van der Waals surface area contributed by atoms with E-state index in [1.165, 1.54) is 12.8 Å². The maximum atomic E-state index is 11.3. The van der Waals surface area contributed by atoms with Gasteiger partial charge in [0.1, 0.15) is 0 Å². The number of Topliss-reactive ketones (excluding diaryl/α,β-unsaturated/α-hetero) is 1. The van der Waals surface area contributed by atoms with Crippen molar-refractivity contribution >= 4 is 5.78 Å². The van der Waals surface area contributed by atoms with E-state index >= 15 is 0 Å². The summed E-state index contributed by atoms with van der Waals surface area (Å²) in [5, 5.41) is 0. The van der Waals surface area contributed by atoms with Gasteiger partial charge in [0.25, 0.3) is 0 Å². The predicted octanol–water partition coefficient (Wildman–Crippen LogP) is 1.93. The first kappa shape index (κ1) is 6.14. The number of hydrogen-bond donors (Lipinski definition) is 0. The summed E-state index contributed by atoms with van der Waals surface area (Å²) in [5.74, 6) is 1.43. The van der Waals surface area contributed by atoms with Crippen LogP contribution in [0.5, 0.6) is 0 Å². The van der Waals surface area contributed by atoms with Crippen molar-refractivity contribution in [3.05, 3.63) is 12.2 Å². The second kappa shape index (κ2) is 1.94. The molecule has 2 atom stereocenters. The average Bonchev–Trinajstić information content (AvgIpc) is 2.41. The summed E-state index contributed by atoms with van der Waals surface area (Å²) < 4.78 is 0. The number of rotatable bonds is 0. The van der Waals surface area contributed by atoms with E-state index in [9.17, 15) is 4.79 Å². The van der Waals surface area contributed by atoms with Crippen LogP contribution in [0.2, 0.25) is 0 Å². The van der Waals surface area contributed by atoms with E-state index in [-0.39, 0.29) is 0 Å². The molecule has 2 aliphatic rings. The summed E-state index contributed by atoms with van der Waals surface area (Å²) in [6.45, 7) is 3.77. The van der Waals surface area contributed by atoms with Crippen LogP contribution in [0.1, 0.15) is 25.7 Å². The van der Waals surface area contributed by atoms with Gasteiger partial charge in [-0.2, -0.15) is 0 Å². The van der Waals surface area contributed by atoms with E-state index in [1.54, 1.807) is 0 Å². The van der Waals surface area contributed by atoms with Crippen molar-refractivity contribution in [2.24, 2.45) is 11.8 Å². The number of carbonyl (C=O) groups is 1. The molecule has 0 spiro atoms. The molecule has 0 heterocycles. The van der Waals surface area contributed by atoms with Gasteiger partial charge >= 0.3 is 0 Å². The lowest BCUT2D eigenvalue weighted by Crippen LogP contribution is -2.07. The quantitative estimate of drug-likeness (QED) is 0.465. The molecule has 54 valence electrons. The molecule has 0 saturated heterocycles. The highest BCUT2D eigenvalue weighted by Crippen LogP contribution is 2.43. The van der Waals surface area contributed by atoms with Crippen LogP contribution in [0.3, 0.4) is 0 Å². The number of fused-ring (bicyclic) bond motifs is 1. The Bertz CT molecular complexity index is 193. The number of hydrogen-bond acceptors (Lipinski definition) is 1. The molecule has 0 aromatic carbocycles. The summed E-state index contributed by atoms with van der Waals surface area (Å²) in [5.41, 5.74) is 0.884. The minimum atomic E-state index is 0.363. The van der Waals surface area contributed by atoms with Gasteiger partial charge in [0.15, 0.2) is 5.78 Å². The van der Waals surface area contributed by atoms with Crippen LogP contribution >= 0.6 is 0 Å². The molecule has 10 heavy (non-hydrogen) atoms. The highest BCUT2D eigenvalue weighted by molar-refractivity contribution is 5.99. The van der Waals surface area contributed by atoms with E-state index in [4.69, 9.17) is 0 Å². The van der Waals surface area contributed by atoms with Gasteiger partial charge in [0.2, 0.25) is 0 Å². The predicted molar refractivity (Wildman–Crippen MR) is 39.6 cm³/mol. The van der Waals surface area contributed by atoms with E-state index in [0.29, 0.717) is 17.6 Å². The third kappa shape index (κ3) is 0.664. The lowest BCUT2D eigenvalue weighted by Gasteiger charge is -2.02. The van der Waals surface area contributed by atoms with Crippen LogP contribution in [-0.4, -0.2) is 5.78 Å². The number of ketones is 1. The Morgan fingerprint density at radius 3 is 2.90 bits per heavy atom. The molecule has 0 unspecified atom stereocenters. The Morgan fingerprint density at radius 1 is 1.40 bits per heavy atom. The van der Waals surface area contributed by atoms with Crippen molar-refractivity contribution in [3.8, 4) is 0 Å². The lowest BCUT2D eigenvalue weighted by molar-refractivity contribution is -0.118. The van der Waals surface area contributed by atoms with Crippen LogP contribution in [0.25, 0.3) is 0 Å². The second-order valence-electron chi connectivity index (χ2n) is 3.47. The zero-order valence-electron chi connectivity index (χ0n) is 6.10. The highest BCUT2D eigenvalue weighted by atomic mass is 16.1. The molecule has 0 radical (unpaired) electrons. The number of carbonyl (C=O) groups excluding carboxylic acids is 1. The van der Waals surface area contributed by atoms with Crippen LogP contribution in [0, 0.1) is 11.8 Å². The molecule has 1 nitrogen and oxygen atoms in total. The zero-order chi connectivity index (χ0) is 7.14. The standard InChI is InChI=1S/C9H12O/c1-6-5-7-3-2-4-8(7)9(6)10/h7-8H,1-5H2/t7-,8-/m1/s1. The smallest absolute Gasteiger partial charge is 0.161 e. The summed E-state index contributed by atoms with van der Waals surface area (Å²) in [6.07, 6.45) is 4.63. The fourth-order valence-corrected chi connectivity index (χ4v) is 2.31. The van der Waals surface area contributed by atoms with Crippen molar-refractivity contribution < 1.29 is 4.79 Å². The Hall–Kier alpha value is -0.590. The maximum Gasteiger partial charge on any atom is 0.161 e. The van der Waals surface area contributed by atoms with Crippen molar-refractivity contribution in [3.63, 3.8) is 0 Å². The van der Waals surface area contributed by atoms with Crippen LogP contribution < -0.4 is 0 Å².